The number of nitriles is 1. The van der Waals surface area contributed by atoms with E-state index >= 15 is 4.39 Å². The van der Waals surface area contributed by atoms with Gasteiger partial charge in [-0.1, -0.05) is 12.0 Å². The van der Waals surface area contributed by atoms with Gasteiger partial charge in [0.05, 0.1) is 47.4 Å². The summed E-state index contributed by atoms with van der Waals surface area (Å²) in [6.45, 7) is 7.38. The molecule has 4 heterocycles. The maximum Gasteiger partial charge on any atom is 0.258 e. The van der Waals surface area contributed by atoms with Gasteiger partial charge in [-0.3, -0.25) is 23.6 Å². The summed E-state index contributed by atoms with van der Waals surface area (Å²) in [4.78, 5) is 34.1. The van der Waals surface area contributed by atoms with Crippen molar-refractivity contribution in [3.8, 4) is 17.9 Å². The van der Waals surface area contributed by atoms with Crippen LogP contribution in [0, 0.1) is 35.9 Å². The van der Waals surface area contributed by atoms with Crippen LogP contribution in [0.2, 0.25) is 0 Å². The summed E-state index contributed by atoms with van der Waals surface area (Å²) < 4.78 is 18.8. The largest absolute Gasteiger partial charge is 0.350 e. The standard InChI is InChI=1S/C37H36FN9O2/c1-24-13-32(38)31(16-26(24)8-9-30-19-40-35-33(7-6-10-47(30)35)42-29-18-41-45(5)21-29)36(49)43-28-15-25(14-27(17-28)37(2,3)23-39)20-46-12-11-44(4)34(48)22-46/h6-7,10,13-19,21,42H,11-12,20,22H2,1-5H3,(H,43,49). The fraction of sp³-hybridized carbons (Fsp3) is 0.270. The number of piperazine rings is 1. The van der Waals surface area contributed by atoms with Gasteiger partial charge in [0.25, 0.3) is 5.91 Å². The minimum atomic E-state index is -0.849. The molecule has 2 N–H and O–H groups in total. The Morgan fingerprint density at radius 1 is 1.08 bits per heavy atom. The van der Waals surface area contributed by atoms with Gasteiger partial charge in [-0.2, -0.15) is 10.4 Å². The quantitative estimate of drug-likeness (QED) is 0.237. The van der Waals surface area contributed by atoms with E-state index in [4.69, 9.17) is 0 Å². The molecule has 1 fully saturated rings. The van der Waals surface area contributed by atoms with Gasteiger partial charge in [0.2, 0.25) is 5.91 Å². The van der Waals surface area contributed by atoms with E-state index in [9.17, 15) is 14.9 Å². The molecule has 0 unspecified atom stereocenters. The van der Waals surface area contributed by atoms with Crippen molar-refractivity contribution in [2.75, 3.05) is 37.3 Å². The van der Waals surface area contributed by atoms with E-state index in [1.165, 1.54) is 12.1 Å². The molecule has 1 aliphatic rings. The number of likely N-dealkylation sites (N-methyl/N-ethyl adjacent to an activating group) is 1. The molecule has 11 nitrogen and oxygen atoms in total. The molecule has 1 aliphatic heterocycles. The Morgan fingerprint density at radius 2 is 1.90 bits per heavy atom. The zero-order chi connectivity index (χ0) is 34.9. The molecule has 2 aromatic carbocycles. The number of aromatic nitrogens is 4. The molecule has 12 heteroatoms. The highest BCUT2D eigenvalue weighted by Crippen LogP contribution is 2.28. The molecular weight excluding hydrogens is 621 g/mol. The van der Waals surface area contributed by atoms with Crippen LogP contribution in [-0.2, 0) is 23.8 Å². The lowest BCUT2D eigenvalue weighted by molar-refractivity contribution is -0.134. The molecule has 248 valence electrons. The van der Waals surface area contributed by atoms with E-state index in [0.717, 1.165) is 16.9 Å². The number of anilines is 3. The zero-order valence-corrected chi connectivity index (χ0v) is 28.0. The summed E-state index contributed by atoms with van der Waals surface area (Å²) in [6, 6.07) is 14.3. The number of hydrogen-bond acceptors (Lipinski definition) is 7. The summed E-state index contributed by atoms with van der Waals surface area (Å²) >= 11 is 0. The molecular formula is C37H36FN9O2. The van der Waals surface area contributed by atoms with Crippen LogP contribution in [0.3, 0.4) is 0 Å². The monoisotopic (exact) mass is 657 g/mol. The van der Waals surface area contributed by atoms with Crippen LogP contribution in [-0.4, -0.2) is 67.5 Å². The SMILES string of the molecule is Cc1cc(F)c(C(=O)Nc2cc(CN3CCN(C)C(=O)C3)cc(C(C)(C)C#N)c2)cc1C#Cc1cnc2c(Nc3cnn(C)c3)cccn12. The van der Waals surface area contributed by atoms with Crippen molar-refractivity contribution in [2.24, 2.45) is 7.05 Å². The van der Waals surface area contributed by atoms with Gasteiger partial charge in [0, 0.05) is 57.4 Å². The fourth-order valence-electron chi connectivity index (χ4n) is 5.63. The smallest absolute Gasteiger partial charge is 0.258 e. The zero-order valence-electron chi connectivity index (χ0n) is 28.0. The normalized spacial score (nSPS) is 13.6. The van der Waals surface area contributed by atoms with Gasteiger partial charge < -0.3 is 15.5 Å². The number of hydrogen-bond donors (Lipinski definition) is 2. The number of benzene rings is 2. The number of pyridine rings is 1. The van der Waals surface area contributed by atoms with Gasteiger partial charge in [0.15, 0.2) is 5.65 Å². The second-order valence-corrected chi connectivity index (χ2v) is 12.8. The van der Waals surface area contributed by atoms with Crippen LogP contribution in [0.25, 0.3) is 5.65 Å². The Hall–Kier alpha value is -5.98. The number of carbonyl (C=O) groups is 2. The van der Waals surface area contributed by atoms with E-state index in [1.807, 2.05) is 46.9 Å². The van der Waals surface area contributed by atoms with Gasteiger partial charge in [-0.15, -0.1) is 0 Å². The number of amides is 2. The summed E-state index contributed by atoms with van der Waals surface area (Å²) in [6.07, 6.45) is 7.10. The lowest BCUT2D eigenvalue weighted by atomic mass is 9.85. The van der Waals surface area contributed by atoms with Crippen LogP contribution in [0.5, 0.6) is 0 Å². The number of aryl methyl sites for hydroxylation is 2. The molecule has 0 radical (unpaired) electrons. The number of halogens is 1. The first-order valence-electron chi connectivity index (χ1n) is 15.8. The van der Waals surface area contributed by atoms with Crippen LogP contribution in [0.15, 0.2) is 67.3 Å². The van der Waals surface area contributed by atoms with Crippen LogP contribution < -0.4 is 10.6 Å². The summed E-state index contributed by atoms with van der Waals surface area (Å²) in [5.74, 6) is 4.94. The van der Waals surface area contributed by atoms with E-state index in [2.05, 4.69) is 38.6 Å². The van der Waals surface area contributed by atoms with Crippen molar-refractivity contribution >= 4 is 34.5 Å². The molecule has 0 saturated carbocycles. The minimum Gasteiger partial charge on any atom is -0.350 e. The Labute approximate surface area is 284 Å². The van der Waals surface area contributed by atoms with Crippen LogP contribution in [0.1, 0.15) is 52.2 Å². The summed E-state index contributed by atoms with van der Waals surface area (Å²) in [5.41, 5.74) is 4.91. The van der Waals surface area contributed by atoms with Crippen molar-refractivity contribution in [2.45, 2.75) is 32.7 Å². The average molecular weight is 658 g/mol. The Kier molecular flexibility index (Phi) is 8.91. The number of carbonyl (C=O) groups excluding carboxylic acids is 2. The molecule has 0 bridgehead atoms. The fourth-order valence-corrected chi connectivity index (χ4v) is 5.63. The van der Waals surface area contributed by atoms with Gasteiger partial charge in [-0.05, 0) is 79.8 Å². The van der Waals surface area contributed by atoms with Gasteiger partial charge >= 0.3 is 0 Å². The summed E-state index contributed by atoms with van der Waals surface area (Å²) in [7, 11) is 3.62. The second-order valence-electron chi connectivity index (χ2n) is 12.8. The Bertz CT molecular complexity index is 2200. The van der Waals surface area contributed by atoms with E-state index in [-0.39, 0.29) is 18.0 Å². The number of imidazole rings is 1. The van der Waals surface area contributed by atoms with E-state index in [1.54, 1.807) is 61.9 Å². The van der Waals surface area contributed by atoms with Crippen molar-refractivity contribution in [1.29, 1.82) is 5.26 Å². The molecule has 0 aliphatic carbocycles. The van der Waals surface area contributed by atoms with Gasteiger partial charge in [-0.25, -0.2) is 9.37 Å². The van der Waals surface area contributed by atoms with Crippen molar-refractivity contribution < 1.29 is 14.0 Å². The predicted molar refractivity (Wildman–Crippen MR) is 185 cm³/mol. The molecule has 3 aromatic heterocycles. The number of fused-ring (bicyclic) bond motifs is 1. The number of nitrogens with zero attached hydrogens (tertiary/aromatic N) is 7. The number of nitrogens with one attached hydrogen (secondary N) is 2. The first kappa shape index (κ1) is 32.9. The molecule has 2 amide bonds. The third kappa shape index (κ3) is 7.15. The van der Waals surface area contributed by atoms with Gasteiger partial charge in [0.1, 0.15) is 11.5 Å². The third-order valence-corrected chi connectivity index (χ3v) is 8.60. The second kappa shape index (κ2) is 13.3. The minimum absolute atomic E-state index is 0.0334. The topological polar surface area (TPSA) is 124 Å². The Balaban J connectivity index is 1.26. The average Bonchev–Trinajstić information content (AvgIpc) is 3.68. The van der Waals surface area contributed by atoms with Crippen molar-refractivity contribution in [3.63, 3.8) is 0 Å². The highest BCUT2D eigenvalue weighted by molar-refractivity contribution is 6.05. The van der Waals surface area contributed by atoms with E-state index in [0.29, 0.717) is 53.4 Å². The van der Waals surface area contributed by atoms with E-state index < -0.39 is 17.1 Å². The lowest BCUT2D eigenvalue weighted by Gasteiger charge is -2.32. The molecule has 0 spiro atoms. The molecule has 1 saturated heterocycles. The van der Waals surface area contributed by atoms with Crippen LogP contribution >= 0.6 is 0 Å². The first-order valence-corrected chi connectivity index (χ1v) is 15.8. The number of rotatable bonds is 7. The van der Waals surface area contributed by atoms with Crippen molar-refractivity contribution in [1.82, 2.24) is 29.0 Å². The summed E-state index contributed by atoms with van der Waals surface area (Å²) in [5, 5.41) is 20.2. The maximum absolute atomic E-state index is 15.3. The van der Waals surface area contributed by atoms with Crippen molar-refractivity contribution in [3.05, 3.63) is 107 Å². The molecule has 6 rings (SSSR count). The highest BCUT2D eigenvalue weighted by Gasteiger charge is 2.25. The lowest BCUT2D eigenvalue weighted by Crippen LogP contribution is -2.47. The maximum atomic E-state index is 15.3. The molecule has 5 aromatic rings. The third-order valence-electron chi connectivity index (χ3n) is 8.60. The van der Waals surface area contributed by atoms with Crippen LogP contribution in [0.4, 0.5) is 21.5 Å². The predicted octanol–water partition coefficient (Wildman–Crippen LogP) is 4.99. The Morgan fingerprint density at radius 3 is 2.63 bits per heavy atom. The first-order chi connectivity index (χ1) is 23.4. The molecule has 0 atom stereocenters. The molecule has 49 heavy (non-hydrogen) atoms. The highest BCUT2D eigenvalue weighted by atomic mass is 19.1.